The van der Waals surface area contributed by atoms with E-state index in [1.807, 2.05) is 0 Å². The van der Waals surface area contributed by atoms with Crippen LogP contribution in [-0.4, -0.2) is 27.0 Å². The van der Waals surface area contributed by atoms with Gasteiger partial charge in [0.25, 0.3) is 0 Å². The van der Waals surface area contributed by atoms with Crippen molar-refractivity contribution in [2.45, 2.75) is 12.5 Å². The highest BCUT2D eigenvalue weighted by molar-refractivity contribution is 5.85. The summed E-state index contributed by atoms with van der Waals surface area (Å²) in [5.41, 5.74) is 4.08. The first-order valence-electron chi connectivity index (χ1n) is 4.26. The Bertz CT molecular complexity index is 490. The van der Waals surface area contributed by atoms with Crippen LogP contribution in [0.4, 0.5) is 5.69 Å². The summed E-state index contributed by atoms with van der Waals surface area (Å²) in [6.45, 7) is 0. The van der Waals surface area contributed by atoms with Gasteiger partial charge in [0.05, 0.1) is 4.92 Å². The SMILES string of the molecule is Cl.Cl.NC(Cc1c[nH]c(=O)c([N+](=O)[O-])c1)C(=O)O. The van der Waals surface area contributed by atoms with Crippen LogP contribution in [0.5, 0.6) is 0 Å². The summed E-state index contributed by atoms with van der Waals surface area (Å²) in [5, 5.41) is 19.0. The second kappa shape index (κ2) is 7.64. The lowest BCUT2D eigenvalue weighted by Gasteiger charge is -2.05. The molecular weight excluding hydrogens is 289 g/mol. The number of nitrogens with one attached hydrogen (secondary N) is 1. The van der Waals surface area contributed by atoms with E-state index in [0.29, 0.717) is 5.56 Å². The van der Waals surface area contributed by atoms with Gasteiger partial charge in [0.15, 0.2) is 0 Å². The quantitative estimate of drug-likeness (QED) is 0.531. The number of aliphatic carboxylic acids is 1. The number of carbonyl (C=O) groups is 1. The Morgan fingerprint density at radius 3 is 2.56 bits per heavy atom. The standard InChI is InChI=1S/C8H9N3O5.2ClH/c9-5(8(13)14)1-4-2-6(11(15)16)7(12)10-3-4;;/h2-3,5H,1,9H2,(H,10,12)(H,13,14);2*1H. The van der Waals surface area contributed by atoms with E-state index in [4.69, 9.17) is 10.8 Å². The van der Waals surface area contributed by atoms with Crippen LogP contribution in [0.1, 0.15) is 5.56 Å². The van der Waals surface area contributed by atoms with E-state index in [1.54, 1.807) is 0 Å². The van der Waals surface area contributed by atoms with Crippen molar-refractivity contribution in [3.63, 3.8) is 0 Å². The molecule has 0 saturated carbocycles. The number of halogens is 2. The van der Waals surface area contributed by atoms with E-state index >= 15 is 0 Å². The van der Waals surface area contributed by atoms with Gasteiger partial charge in [-0.05, 0) is 12.0 Å². The average molecular weight is 300 g/mol. The van der Waals surface area contributed by atoms with Gasteiger partial charge >= 0.3 is 17.2 Å². The van der Waals surface area contributed by atoms with Gasteiger partial charge in [-0.15, -0.1) is 24.8 Å². The van der Waals surface area contributed by atoms with Gasteiger partial charge < -0.3 is 15.8 Å². The van der Waals surface area contributed by atoms with Gasteiger partial charge in [0, 0.05) is 12.3 Å². The smallest absolute Gasteiger partial charge is 0.334 e. The molecule has 18 heavy (non-hydrogen) atoms. The minimum atomic E-state index is -1.21. The van der Waals surface area contributed by atoms with E-state index in [9.17, 15) is 19.7 Å². The first-order valence-corrected chi connectivity index (χ1v) is 4.26. The molecule has 0 saturated heterocycles. The molecule has 1 unspecified atom stereocenters. The average Bonchev–Trinajstić information content (AvgIpc) is 2.20. The Kier molecular flexibility index (Phi) is 7.95. The van der Waals surface area contributed by atoms with Gasteiger partial charge in [-0.1, -0.05) is 0 Å². The summed E-state index contributed by atoms with van der Waals surface area (Å²) in [6, 6.07) is -0.146. The van der Waals surface area contributed by atoms with Crippen molar-refractivity contribution in [3.05, 3.63) is 38.3 Å². The van der Waals surface area contributed by atoms with E-state index < -0.39 is 28.2 Å². The van der Waals surface area contributed by atoms with Gasteiger partial charge in [-0.2, -0.15) is 0 Å². The number of hydrogen-bond acceptors (Lipinski definition) is 5. The fraction of sp³-hybridized carbons (Fsp3) is 0.250. The maximum absolute atomic E-state index is 11.0. The molecule has 4 N–H and O–H groups in total. The lowest BCUT2D eigenvalue weighted by atomic mass is 10.1. The van der Waals surface area contributed by atoms with Crippen molar-refractivity contribution in [2.75, 3.05) is 0 Å². The van der Waals surface area contributed by atoms with E-state index in [-0.39, 0.29) is 31.2 Å². The molecule has 1 aromatic heterocycles. The molecule has 0 aliphatic carbocycles. The lowest BCUT2D eigenvalue weighted by molar-refractivity contribution is -0.386. The third-order valence-corrected chi connectivity index (χ3v) is 1.91. The molecule has 1 rings (SSSR count). The Balaban J connectivity index is 0. The van der Waals surface area contributed by atoms with Crippen LogP contribution in [0.25, 0.3) is 0 Å². The molecule has 0 radical (unpaired) electrons. The molecule has 0 fully saturated rings. The molecule has 1 atom stereocenters. The largest absolute Gasteiger partial charge is 0.480 e. The van der Waals surface area contributed by atoms with Crippen LogP contribution in [0.3, 0.4) is 0 Å². The number of nitrogens with zero attached hydrogens (tertiary/aromatic N) is 1. The van der Waals surface area contributed by atoms with Crippen molar-refractivity contribution in [3.8, 4) is 0 Å². The van der Waals surface area contributed by atoms with Crippen LogP contribution in [-0.2, 0) is 11.2 Å². The Hall–Kier alpha value is -1.64. The van der Waals surface area contributed by atoms with Gasteiger partial charge in [0.1, 0.15) is 6.04 Å². The third-order valence-electron chi connectivity index (χ3n) is 1.91. The maximum Gasteiger partial charge on any atom is 0.334 e. The molecule has 0 spiro atoms. The van der Waals surface area contributed by atoms with Crippen LogP contribution >= 0.6 is 24.8 Å². The third kappa shape index (κ3) is 4.70. The predicted molar refractivity (Wildman–Crippen MR) is 67.5 cm³/mol. The number of hydrogen-bond donors (Lipinski definition) is 3. The summed E-state index contributed by atoms with van der Waals surface area (Å²) in [4.78, 5) is 33.2. The zero-order valence-corrected chi connectivity index (χ0v) is 10.5. The van der Waals surface area contributed by atoms with E-state index in [0.717, 1.165) is 6.07 Å². The zero-order valence-electron chi connectivity index (χ0n) is 8.86. The summed E-state index contributed by atoms with van der Waals surface area (Å²) >= 11 is 0. The first kappa shape index (κ1) is 18.7. The van der Waals surface area contributed by atoms with Crippen LogP contribution in [0, 0.1) is 10.1 Å². The highest BCUT2D eigenvalue weighted by Crippen LogP contribution is 2.07. The summed E-state index contributed by atoms with van der Waals surface area (Å²) in [6.07, 6.45) is 1.12. The molecule has 0 aliphatic heterocycles. The normalized spacial score (nSPS) is 10.7. The van der Waals surface area contributed by atoms with Crippen LogP contribution < -0.4 is 11.3 Å². The first-order chi connectivity index (χ1) is 7.41. The number of carboxylic acids is 1. The fourth-order valence-corrected chi connectivity index (χ4v) is 1.11. The summed E-state index contributed by atoms with van der Waals surface area (Å²) < 4.78 is 0. The van der Waals surface area contributed by atoms with Crippen LogP contribution in [0.2, 0.25) is 0 Å². The molecule has 0 aromatic carbocycles. The molecule has 8 nitrogen and oxygen atoms in total. The van der Waals surface area contributed by atoms with Gasteiger partial charge in [-0.3, -0.25) is 19.7 Å². The second-order valence-electron chi connectivity index (χ2n) is 3.13. The van der Waals surface area contributed by atoms with Crippen LogP contribution in [0.15, 0.2) is 17.1 Å². The fourth-order valence-electron chi connectivity index (χ4n) is 1.11. The zero-order chi connectivity index (χ0) is 12.3. The molecule has 0 amide bonds. The number of aromatic nitrogens is 1. The van der Waals surface area contributed by atoms with E-state index in [2.05, 4.69) is 4.98 Å². The second-order valence-corrected chi connectivity index (χ2v) is 3.13. The van der Waals surface area contributed by atoms with Crippen molar-refractivity contribution in [1.29, 1.82) is 0 Å². The highest BCUT2D eigenvalue weighted by atomic mass is 35.5. The minimum absolute atomic E-state index is 0. The molecule has 10 heteroatoms. The molecule has 0 aliphatic rings. The Morgan fingerprint density at radius 2 is 2.11 bits per heavy atom. The van der Waals surface area contributed by atoms with Gasteiger partial charge in [0.2, 0.25) is 0 Å². The van der Waals surface area contributed by atoms with Crippen molar-refractivity contribution in [1.82, 2.24) is 4.98 Å². The number of aromatic amines is 1. The molecule has 1 aromatic rings. The Labute approximate surface area is 113 Å². The summed E-state index contributed by atoms with van der Waals surface area (Å²) in [7, 11) is 0. The number of nitro groups is 1. The van der Waals surface area contributed by atoms with E-state index in [1.165, 1.54) is 6.20 Å². The lowest BCUT2D eigenvalue weighted by Crippen LogP contribution is -2.32. The number of carboxylic acid groups (broad SMARTS) is 1. The maximum atomic E-state index is 11.0. The molecule has 102 valence electrons. The predicted octanol–water partition coefficient (Wildman–Crippen LogP) is 0.0811. The topological polar surface area (TPSA) is 139 Å². The highest BCUT2D eigenvalue weighted by Gasteiger charge is 2.16. The van der Waals surface area contributed by atoms with Crippen molar-refractivity contribution in [2.24, 2.45) is 5.73 Å². The monoisotopic (exact) mass is 299 g/mol. The minimum Gasteiger partial charge on any atom is -0.480 e. The molecular formula is C8H11Cl2N3O5. The molecule has 0 bridgehead atoms. The number of pyridine rings is 1. The number of rotatable bonds is 4. The Morgan fingerprint density at radius 1 is 1.56 bits per heavy atom. The van der Waals surface area contributed by atoms with Crippen molar-refractivity contribution < 1.29 is 14.8 Å². The number of H-pyrrole nitrogens is 1. The van der Waals surface area contributed by atoms with Gasteiger partial charge in [-0.25, -0.2) is 0 Å². The number of nitrogens with two attached hydrogens (primary N) is 1. The van der Waals surface area contributed by atoms with Crippen molar-refractivity contribution >= 4 is 36.5 Å². The molecule has 1 heterocycles. The summed E-state index contributed by atoms with van der Waals surface area (Å²) in [5.74, 6) is -1.21.